The van der Waals surface area contributed by atoms with Crippen molar-refractivity contribution in [2.24, 2.45) is 0 Å². The molecule has 0 bridgehead atoms. The summed E-state index contributed by atoms with van der Waals surface area (Å²) in [5, 5.41) is 3.36. The van der Waals surface area contributed by atoms with Gasteiger partial charge in [-0.3, -0.25) is 0 Å². The predicted molar refractivity (Wildman–Crippen MR) is 57.4 cm³/mol. The molecule has 0 aliphatic heterocycles. The lowest BCUT2D eigenvalue weighted by Gasteiger charge is -2.00. The number of oxazole rings is 1. The second-order valence-electron chi connectivity index (χ2n) is 3.43. The molecule has 14 heavy (non-hydrogen) atoms. The minimum atomic E-state index is 0.875. The zero-order chi connectivity index (χ0) is 10.2. The summed E-state index contributed by atoms with van der Waals surface area (Å²) in [5.41, 5.74) is 0. The predicted octanol–water partition coefficient (Wildman–Crippen LogP) is 2.17. The van der Waals surface area contributed by atoms with Crippen molar-refractivity contribution in [3.63, 3.8) is 0 Å². The van der Waals surface area contributed by atoms with E-state index in [4.69, 9.17) is 4.42 Å². The van der Waals surface area contributed by atoms with Crippen molar-refractivity contribution < 1.29 is 4.42 Å². The zero-order valence-corrected chi connectivity index (χ0v) is 9.18. The Bertz CT molecular complexity index is 245. The average Bonchev–Trinajstić information content (AvgIpc) is 2.65. The molecule has 1 rings (SSSR count). The smallest absolute Gasteiger partial charge is 0.194 e. The summed E-state index contributed by atoms with van der Waals surface area (Å²) in [6.07, 6.45) is 6.00. The summed E-state index contributed by atoms with van der Waals surface area (Å²) in [4.78, 5) is 4.21. The molecule has 80 valence electrons. The molecule has 0 unspecified atom stereocenters. The number of hydrogen-bond donors (Lipinski definition) is 1. The van der Waals surface area contributed by atoms with Gasteiger partial charge in [-0.05, 0) is 25.9 Å². The summed E-state index contributed by atoms with van der Waals surface area (Å²) in [6, 6.07) is 0. The lowest BCUT2D eigenvalue weighted by molar-refractivity contribution is 0.450. The van der Waals surface area contributed by atoms with E-state index in [1.807, 2.05) is 6.20 Å². The van der Waals surface area contributed by atoms with E-state index in [2.05, 4.69) is 24.1 Å². The summed E-state index contributed by atoms with van der Waals surface area (Å²) in [7, 11) is 0. The van der Waals surface area contributed by atoms with E-state index in [1.165, 1.54) is 6.42 Å². The number of aromatic nitrogens is 1. The van der Waals surface area contributed by atoms with E-state index in [0.29, 0.717) is 0 Å². The molecular formula is C11H20N2O. The van der Waals surface area contributed by atoms with Gasteiger partial charge in [0.15, 0.2) is 5.89 Å². The fourth-order valence-electron chi connectivity index (χ4n) is 1.29. The highest BCUT2D eigenvalue weighted by molar-refractivity contribution is 4.93. The molecule has 0 fully saturated rings. The van der Waals surface area contributed by atoms with Crippen molar-refractivity contribution in [2.45, 2.75) is 39.5 Å². The minimum absolute atomic E-state index is 0.875. The molecule has 1 heterocycles. The maximum absolute atomic E-state index is 5.50. The molecule has 0 saturated heterocycles. The van der Waals surface area contributed by atoms with Crippen molar-refractivity contribution in [1.82, 2.24) is 10.3 Å². The van der Waals surface area contributed by atoms with Crippen LogP contribution < -0.4 is 5.32 Å². The fraction of sp³-hybridized carbons (Fsp3) is 0.727. The summed E-state index contributed by atoms with van der Waals surface area (Å²) in [5.74, 6) is 1.86. The van der Waals surface area contributed by atoms with E-state index in [1.54, 1.807) is 0 Å². The largest absolute Gasteiger partial charge is 0.446 e. The molecular weight excluding hydrogens is 176 g/mol. The summed E-state index contributed by atoms with van der Waals surface area (Å²) in [6.45, 7) is 6.41. The van der Waals surface area contributed by atoms with Crippen LogP contribution in [0.4, 0.5) is 0 Å². The molecule has 0 atom stereocenters. The van der Waals surface area contributed by atoms with E-state index < -0.39 is 0 Å². The van der Waals surface area contributed by atoms with Crippen LogP contribution in [0.1, 0.15) is 38.3 Å². The second-order valence-corrected chi connectivity index (χ2v) is 3.43. The third-order valence-electron chi connectivity index (χ3n) is 2.12. The Morgan fingerprint density at radius 3 is 2.86 bits per heavy atom. The monoisotopic (exact) mass is 196 g/mol. The minimum Gasteiger partial charge on any atom is -0.446 e. The Morgan fingerprint density at radius 1 is 1.36 bits per heavy atom. The lowest BCUT2D eigenvalue weighted by Crippen LogP contribution is -2.16. The number of hydrogen-bond acceptors (Lipinski definition) is 3. The highest BCUT2D eigenvalue weighted by Crippen LogP contribution is 2.05. The third-order valence-corrected chi connectivity index (χ3v) is 2.12. The van der Waals surface area contributed by atoms with Gasteiger partial charge in [-0.25, -0.2) is 4.98 Å². The first-order chi connectivity index (χ1) is 6.86. The van der Waals surface area contributed by atoms with Crippen molar-refractivity contribution in [3.8, 4) is 0 Å². The molecule has 0 aromatic carbocycles. The van der Waals surface area contributed by atoms with Gasteiger partial charge in [-0.15, -0.1) is 0 Å². The van der Waals surface area contributed by atoms with Crippen molar-refractivity contribution in [1.29, 1.82) is 0 Å². The number of nitrogens with zero attached hydrogens (tertiary/aromatic N) is 1. The molecule has 0 spiro atoms. The van der Waals surface area contributed by atoms with Crippen LogP contribution in [0.15, 0.2) is 10.6 Å². The maximum atomic E-state index is 5.50. The Hall–Kier alpha value is -0.830. The van der Waals surface area contributed by atoms with Gasteiger partial charge >= 0.3 is 0 Å². The van der Waals surface area contributed by atoms with Gasteiger partial charge < -0.3 is 9.73 Å². The molecule has 0 aliphatic rings. The Kier molecular flexibility index (Phi) is 5.30. The number of nitrogens with one attached hydrogen (secondary N) is 1. The van der Waals surface area contributed by atoms with E-state index in [0.717, 1.165) is 44.0 Å². The van der Waals surface area contributed by atoms with E-state index in [9.17, 15) is 0 Å². The molecule has 0 saturated carbocycles. The van der Waals surface area contributed by atoms with Crippen LogP contribution in [0.2, 0.25) is 0 Å². The lowest BCUT2D eigenvalue weighted by atomic mass is 10.3. The molecule has 0 aliphatic carbocycles. The van der Waals surface area contributed by atoms with Gasteiger partial charge in [-0.1, -0.05) is 13.8 Å². The topological polar surface area (TPSA) is 38.1 Å². The molecule has 3 nitrogen and oxygen atoms in total. The molecule has 0 amide bonds. The Balaban J connectivity index is 2.12. The normalized spacial score (nSPS) is 10.7. The molecule has 1 aromatic rings. The van der Waals surface area contributed by atoms with Crippen LogP contribution in [-0.2, 0) is 12.8 Å². The second kappa shape index (κ2) is 6.60. The van der Waals surface area contributed by atoms with Crippen LogP contribution in [0.25, 0.3) is 0 Å². The highest BCUT2D eigenvalue weighted by atomic mass is 16.4. The quantitative estimate of drug-likeness (QED) is 0.679. The van der Waals surface area contributed by atoms with E-state index in [-0.39, 0.29) is 0 Å². The van der Waals surface area contributed by atoms with Crippen molar-refractivity contribution in [2.75, 3.05) is 13.1 Å². The first-order valence-corrected chi connectivity index (χ1v) is 5.51. The number of rotatable bonds is 7. The average molecular weight is 196 g/mol. The summed E-state index contributed by atoms with van der Waals surface area (Å²) < 4.78 is 5.50. The molecule has 1 N–H and O–H groups in total. The maximum Gasteiger partial charge on any atom is 0.194 e. The Labute approximate surface area is 85.9 Å². The molecule has 0 radical (unpaired) electrons. The van der Waals surface area contributed by atoms with Gasteiger partial charge in [0.1, 0.15) is 5.76 Å². The standard InChI is InChI=1S/C11H20N2O/c1-3-7-12-8-5-6-11-13-9-10(4-2)14-11/h9,12H,3-8H2,1-2H3. The van der Waals surface area contributed by atoms with Gasteiger partial charge in [0, 0.05) is 12.8 Å². The summed E-state index contributed by atoms with van der Waals surface area (Å²) >= 11 is 0. The highest BCUT2D eigenvalue weighted by Gasteiger charge is 2.00. The van der Waals surface area contributed by atoms with Gasteiger partial charge in [-0.2, -0.15) is 0 Å². The van der Waals surface area contributed by atoms with Crippen LogP contribution in [0.5, 0.6) is 0 Å². The van der Waals surface area contributed by atoms with Gasteiger partial charge in [0.2, 0.25) is 0 Å². The van der Waals surface area contributed by atoms with Crippen molar-refractivity contribution in [3.05, 3.63) is 17.8 Å². The number of aryl methyl sites for hydroxylation is 2. The van der Waals surface area contributed by atoms with Crippen LogP contribution in [0, 0.1) is 0 Å². The third kappa shape index (κ3) is 3.92. The Morgan fingerprint density at radius 2 is 2.21 bits per heavy atom. The first-order valence-electron chi connectivity index (χ1n) is 5.51. The van der Waals surface area contributed by atoms with Gasteiger partial charge in [0.25, 0.3) is 0 Å². The first kappa shape index (κ1) is 11.2. The van der Waals surface area contributed by atoms with E-state index >= 15 is 0 Å². The van der Waals surface area contributed by atoms with Gasteiger partial charge in [0.05, 0.1) is 6.20 Å². The molecule has 3 heteroatoms. The van der Waals surface area contributed by atoms with Crippen molar-refractivity contribution >= 4 is 0 Å². The van der Waals surface area contributed by atoms with Crippen LogP contribution in [-0.4, -0.2) is 18.1 Å². The van der Waals surface area contributed by atoms with Crippen LogP contribution >= 0.6 is 0 Å². The zero-order valence-electron chi connectivity index (χ0n) is 9.18. The SMILES string of the molecule is CCCNCCCc1ncc(CC)o1. The molecule has 1 aromatic heterocycles. The van der Waals surface area contributed by atoms with Crippen LogP contribution in [0.3, 0.4) is 0 Å². The fourth-order valence-corrected chi connectivity index (χ4v) is 1.29.